The number of rotatable bonds is 15. The number of aromatic nitrogens is 2. The summed E-state index contributed by atoms with van der Waals surface area (Å²) in [6, 6.07) is 5.67. The summed E-state index contributed by atoms with van der Waals surface area (Å²) in [6.45, 7) is 4.54. The maximum absolute atomic E-state index is 12.5. The molecule has 1 fully saturated rings. The predicted octanol–water partition coefficient (Wildman–Crippen LogP) is 6.20. The van der Waals surface area contributed by atoms with Crippen molar-refractivity contribution in [2.45, 2.75) is 90.5 Å². The molecule has 1 heterocycles. The van der Waals surface area contributed by atoms with Crippen LogP contribution in [0.2, 0.25) is 0 Å². The van der Waals surface area contributed by atoms with Crippen molar-refractivity contribution in [3.05, 3.63) is 34.4 Å². The molecule has 0 aliphatic heterocycles. The minimum Gasteiger partial charge on any atom is -0.481 e. The summed E-state index contributed by atoms with van der Waals surface area (Å²) in [5, 5.41) is 16.1. The molecule has 0 atom stereocenters. The van der Waals surface area contributed by atoms with Crippen LogP contribution < -0.4 is 0 Å². The highest BCUT2D eigenvalue weighted by Gasteiger charge is 2.23. The average Bonchev–Trinajstić information content (AvgIpc) is 3.47. The van der Waals surface area contributed by atoms with E-state index < -0.39 is 11.9 Å². The number of aliphatic carboxylic acids is 1. The second kappa shape index (κ2) is 21.0. The molecule has 0 unspecified atom stereocenters. The van der Waals surface area contributed by atoms with Crippen LogP contribution in [0.4, 0.5) is 0 Å². The number of carbonyl (C=O) groups is 3. The highest BCUT2D eigenvalue weighted by atomic mass is 33.1. The maximum atomic E-state index is 12.5. The van der Waals surface area contributed by atoms with Crippen molar-refractivity contribution in [2.75, 3.05) is 33.5 Å². The van der Waals surface area contributed by atoms with Gasteiger partial charge in [-0.1, -0.05) is 60.6 Å². The number of carboxylic acid groups (broad SMARTS) is 1. The number of nitrogens with zero attached hydrogens (tertiary/aromatic N) is 4. The Hall–Kier alpha value is -2.77. The van der Waals surface area contributed by atoms with Gasteiger partial charge < -0.3 is 25.1 Å². The Morgan fingerprint density at radius 3 is 2.40 bits per heavy atom. The molecule has 1 aromatic carbocycles. The fourth-order valence-electron chi connectivity index (χ4n) is 4.35. The molecular formula is C30H50N4O7S2. The number of benzene rings is 1. The van der Waals surface area contributed by atoms with Crippen molar-refractivity contribution in [3.63, 3.8) is 0 Å². The van der Waals surface area contributed by atoms with Gasteiger partial charge in [-0.3, -0.25) is 14.4 Å². The van der Waals surface area contributed by atoms with Gasteiger partial charge in [-0.05, 0) is 54.7 Å². The van der Waals surface area contributed by atoms with Gasteiger partial charge in [0, 0.05) is 57.0 Å². The van der Waals surface area contributed by atoms with Crippen LogP contribution in [0.15, 0.2) is 33.4 Å². The van der Waals surface area contributed by atoms with E-state index in [1.165, 1.54) is 49.1 Å². The number of hydrogen-bond donors (Lipinski definition) is 1. The molecule has 244 valence electrons. The lowest BCUT2D eigenvalue weighted by Gasteiger charge is -2.31. The Morgan fingerprint density at radius 1 is 1.05 bits per heavy atom. The lowest BCUT2D eigenvalue weighted by molar-refractivity contribution is -0.147. The normalized spacial score (nSPS) is 13.7. The molecule has 43 heavy (non-hydrogen) atoms. The third-order valence-corrected chi connectivity index (χ3v) is 9.87. The van der Waals surface area contributed by atoms with E-state index >= 15 is 0 Å². The van der Waals surface area contributed by atoms with Gasteiger partial charge in [-0.25, -0.2) is 4.63 Å². The highest BCUT2D eigenvalue weighted by Crippen LogP contribution is 2.35. The molecule has 1 saturated carbocycles. The quantitative estimate of drug-likeness (QED) is 0.134. The van der Waals surface area contributed by atoms with Crippen molar-refractivity contribution in [1.29, 1.82) is 0 Å². The minimum atomic E-state index is -0.981. The topological polar surface area (TPSA) is 158 Å². The van der Waals surface area contributed by atoms with Gasteiger partial charge in [0.05, 0.1) is 19.4 Å². The van der Waals surface area contributed by atoms with Crippen molar-refractivity contribution in [3.8, 4) is 0 Å². The zero-order valence-corrected chi connectivity index (χ0v) is 27.7. The first-order chi connectivity index (χ1) is 20.1. The Bertz CT molecular complexity index is 1170. The lowest BCUT2D eigenvalue weighted by atomic mass is 9.94. The SMILES string of the molecule is CCCCCSS/C(CCOC(=O)CCC(=O)O)=C(/C)N(C)C.CN(C(=O)c1ccc2nonc2c1)C1CCCCC1.O.[HH]. The van der Waals surface area contributed by atoms with Crippen molar-refractivity contribution < 1.29 is 35.8 Å². The largest absolute Gasteiger partial charge is 0.481 e. The summed E-state index contributed by atoms with van der Waals surface area (Å²) >= 11 is 0. The van der Waals surface area contributed by atoms with E-state index in [9.17, 15) is 14.4 Å². The third kappa shape index (κ3) is 14.0. The second-order valence-electron chi connectivity index (χ2n) is 10.6. The molecule has 0 saturated heterocycles. The number of fused-ring (bicyclic) bond motifs is 1. The van der Waals surface area contributed by atoms with Crippen LogP contribution in [0.3, 0.4) is 0 Å². The van der Waals surface area contributed by atoms with Crippen LogP contribution in [0.25, 0.3) is 11.0 Å². The molecule has 1 aliphatic rings. The number of carbonyl (C=O) groups excluding carboxylic acids is 2. The molecule has 1 aliphatic carbocycles. The van der Waals surface area contributed by atoms with E-state index in [0.717, 1.165) is 18.6 Å². The fourth-order valence-corrected chi connectivity index (χ4v) is 7.01. The first-order valence-corrected chi connectivity index (χ1v) is 17.0. The molecule has 0 radical (unpaired) electrons. The van der Waals surface area contributed by atoms with Gasteiger partial charge in [0.2, 0.25) is 0 Å². The molecule has 3 N–H and O–H groups in total. The van der Waals surface area contributed by atoms with Crippen LogP contribution in [0.5, 0.6) is 0 Å². The molecule has 3 rings (SSSR count). The zero-order chi connectivity index (χ0) is 30.9. The number of ether oxygens (including phenoxy) is 1. The van der Waals surface area contributed by atoms with Crippen molar-refractivity contribution in [1.82, 2.24) is 20.1 Å². The van der Waals surface area contributed by atoms with Gasteiger partial charge >= 0.3 is 11.9 Å². The third-order valence-electron chi connectivity index (χ3n) is 7.14. The molecule has 11 nitrogen and oxygen atoms in total. The summed E-state index contributed by atoms with van der Waals surface area (Å²) < 4.78 is 9.77. The Morgan fingerprint density at radius 2 is 1.74 bits per heavy atom. The van der Waals surface area contributed by atoms with Crippen LogP contribution in [0, 0.1) is 0 Å². The van der Waals surface area contributed by atoms with Gasteiger partial charge in [-0.2, -0.15) is 0 Å². The summed E-state index contributed by atoms with van der Waals surface area (Å²) in [5.41, 5.74) is 3.12. The molecule has 13 heteroatoms. The number of carboxylic acids is 1. The highest BCUT2D eigenvalue weighted by molar-refractivity contribution is 8.78. The van der Waals surface area contributed by atoms with E-state index in [2.05, 4.69) is 33.7 Å². The van der Waals surface area contributed by atoms with E-state index in [1.807, 2.05) is 36.8 Å². The fraction of sp³-hybridized carbons (Fsp3) is 0.633. The molecule has 2 aromatic rings. The van der Waals surface area contributed by atoms with Crippen LogP contribution in [-0.4, -0.2) is 88.1 Å². The van der Waals surface area contributed by atoms with E-state index in [-0.39, 0.29) is 25.7 Å². The number of esters is 1. The van der Waals surface area contributed by atoms with Crippen LogP contribution >= 0.6 is 21.6 Å². The van der Waals surface area contributed by atoms with Crippen LogP contribution in [-0.2, 0) is 14.3 Å². The molecule has 0 spiro atoms. The Labute approximate surface area is 264 Å². The number of unbranched alkanes of at least 4 members (excludes halogenated alkanes) is 2. The smallest absolute Gasteiger partial charge is 0.306 e. The van der Waals surface area contributed by atoms with Gasteiger partial charge in [0.15, 0.2) is 0 Å². The first-order valence-electron chi connectivity index (χ1n) is 14.7. The van der Waals surface area contributed by atoms with Crippen molar-refractivity contribution >= 4 is 50.5 Å². The maximum Gasteiger partial charge on any atom is 0.306 e. The van der Waals surface area contributed by atoms with E-state index in [1.54, 1.807) is 29.0 Å². The first kappa shape index (κ1) is 38.3. The molecule has 1 amide bonds. The Kier molecular flexibility index (Phi) is 18.7. The predicted molar refractivity (Wildman–Crippen MR) is 175 cm³/mol. The van der Waals surface area contributed by atoms with Crippen molar-refractivity contribution in [2.24, 2.45) is 0 Å². The number of amides is 1. The van der Waals surface area contributed by atoms with Crippen LogP contribution in [0.1, 0.15) is 96.3 Å². The standard InChI is InChI=1S/C16H29NO4S2.C14H17N3O2.H2O.H2/c1-5-6-7-12-22-23-14(13(2)17(3)4)10-11-21-16(20)9-8-15(18)19;1-17(11-5-3-2-4-6-11)14(18)10-7-8-12-13(9-10)16-19-15-12;;/h5-12H2,1-4H3,(H,18,19);7-9,11H,2-6H2,1H3;1H2;1H/b14-13-;;;. The van der Waals surface area contributed by atoms with Gasteiger partial charge in [-0.15, -0.1) is 0 Å². The summed E-state index contributed by atoms with van der Waals surface area (Å²) in [7, 11) is 9.47. The minimum absolute atomic E-state index is 0. The zero-order valence-electron chi connectivity index (χ0n) is 26.1. The summed E-state index contributed by atoms with van der Waals surface area (Å²) in [4.78, 5) is 39.4. The summed E-state index contributed by atoms with van der Waals surface area (Å²) in [5.74, 6) is -0.266. The number of allylic oxidation sites excluding steroid dienone is 1. The van der Waals surface area contributed by atoms with E-state index in [0.29, 0.717) is 35.7 Å². The second-order valence-corrected chi connectivity index (χ2v) is 13.1. The Balaban J connectivity index is 0.000000812. The van der Waals surface area contributed by atoms with Gasteiger partial charge in [0.25, 0.3) is 5.91 Å². The number of hydrogen-bond acceptors (Lipinski definition) is 10. The average molecular weight is 643 g/mol. The molecule has 0 bridgehead atoms. The van der Waals surface area contributed by atoms with Gasteiger partial charge in [0.1, 0.15) is 11.0 Å². The molecular weight excluding hydrogens is 592 g/mol. The lowest BCUT2D eigenvalue weighted by Crippen LogP contribution is -2.38. The summed E-state index contributed by atoms with van der Waals surface area (Å²) in [6.07, 6.45) is 10.0. The van der Waals surface area contributed by atoms with E-state index in [4.69, 9.17) is 9.84 Å². The molecule has 1 aromatic heterocycles. The monoisotopic (exact) mass is 642 g/mol.